The molecule has 0 aliphatic heterocycles. The molecule has 0 heterocycles. The fourth-order valence-electron chi connectivity index (χ4n) is 2.80. The van der Waals surface area contributed by atoms with Crippen LogP contribution in [0.5, 0.6) is 0 Å². The molecule has 3 amide bonds. The lowest BCUT2D eigenvalue weighted by molar-refractivity contribution is -0.116. The van der Waals surface area contributed by atoms with Crippen molar-refractivity contribution in [2.75, 3.05) is 23.7 Å². The van der Waals surface area contributed by atoms with Gasteiger partial charge in [-0.25, -0.2) is 13.2 Å². The molecule has 2 aromatic rings. The Morgan fingerprint density at radius 2 is 1.41 bits per heavy atom. The van der Waals surface area contributed by atoms with Crippen molar-refractivity contribution in [1.82, 2.24) is 4.31 Å². The molecule has 156 valence electrons. The minimum absolute atomic E-state index is 0.166. The van der Waals surface area contributed by atoms with Crippen molar-refractivity contribution in [2.45, 2.75) is 31.6 Å². The minimum Gasteiger partial charge on any atom is -0.351 e. The summed E-state index contributed by atoms with van der Waals surface area (Å²) < 4.78 is 26.4. The number of carbonyl (C=O) groups excluding carboxylic acids is 2. The third-order valence-corrected chi connectivity index (χ3v) is 6.41. The number of aryl methyl sites for hydroxylation is 1. The lowest BCUT2D eigenvalue weighted by Crippen LogP contribution is -2.30. The zero-order valence-corrected chi connectivity index (χ0v) is 17.3. The van der Waals surface area contributed by atoms with Crippen LogP contribution in [-0.4, -0.2) is 37.8 Å². The van der Waals surface area contributed by atoms with E-state index in [1.165, 1.54) is 4.31 Å². The van der Waals surface area contributed by atoms with Crippen molar-refractivity contribution in [3.05, 3.63) is 54.1 Å². The van der Waals surface area contributed by atoms with Crippen LogP contribution < -0.4 is 16.4 Å². The normalized spacial score (nSPS) is 11.3. The highest BCUT2D eigenvalue weighted by Gasteiger charge is 2.21. The van der Waals surface area contributed by atoms with Gasteiger partial charge in [-0.2, -0.15) is 4.31 Å². The molecule has 0 fully saturated rings. The van der Waals surface area contributed by atoms with Gasteiger partial charge in [-0.15, -0.1) is 0 Å². The molecule has 0 aromatic heterocycles. The Morgan fingerprint density at radius 1 is 0.897 bits per heavy atom. The van der Waals surface area contributed by atoms with Crippen molar-refractivity contribution in [1.29, 1.82) is 0 Å². The second kappa shape index (κ2) is 10.0. The molecule has 2 aromatic carbocycles. The van der Waals surface area contributed by atoms with E-state index in [1.54, 1.807) is 62.4 Å². The van der Waals surface area contributed by atoms with Gasteiger partial charge in [-0.3, -0.25) is 4.79 Å². The van der Waals surface area contributed by atoms with Gasteiger partial charge in [-0.1, -0.05) is 26.0 Å². The van der Waals surface area contributed by atoms with Crippen LogP contribution >= 0.6 is 0 Å². The van der Waals surface area contributed by atoms with Crippen LogP contribution in [0.2, 0.25) is 0 Å². The lowest BCUT2D eigenvalue weighted by Gasteiger charge is -2.18. The predicted octanol–water partition coefficient (Wildman–Crippen LogP) is 2.78. The molecule has 9 heteroatoms. The Morgan fingerprint density at radius 3 is 1.90 bits per heavy atom. The van der Waals surface area contributed by atoms with E-state index in [1.807, 2.05) is 0 Å². The van der Waals surface area contributed by atoms with Gasteiger partial charge in [0.2, 0.25) is 15.9 Å². The number of nitrogens with one attached hydrogen (secondary N) is 2. The lowest BCUT2D eigenvalue weighted by atomic mass is 10.1. The number of hydrogen-bond acceptors (Lipinski definition) is 4. The number of nitrogens with zero attached hydrogens (tertiary/aromatic N) is 1. The Kier molecular flexibility index (Phi) is 7.74. The van der Waals surface area contributed by atoms with Crippen LogP contribution in [-0.2, 0) is 21.2 Å². The summed E-state index contributed by atoms with van der Waals surface area (Å²) in [7, 11) is -3.48. The molecule has 2 rings (SSSR count). The molecule has 0 saturated heterocycles. The molecular formula is C20H26N4O4S. The highest BCUT2D eigenvalue weighted by Crippen LogP contribution is 2.17. The van der Waals surface area contributed by atoms with Crippen LogP contribution in [0.4, 0.5) is 16.2 Å². The fraction of sp³-hybridized carbons (Fsp3) is 0.300. The predicted molar refractivity (Wildman–Crippen MR) is 113 cm³/mol. The maximum atomic E-state index is 12.5. The smallest absolute Gasteiger partial charge is 0.316 e. The molecule has 0 radical (unpaired) electrons. The quantitative estimate of drug-likeness (QED) is 0.579. The summed E-state index contributed by atoms with van der Waals surface area (Å²) in [6.07, 6.45) is 0.738. The Labute approximate surface area is 171 Å². The maximum Gasteiger partial charge on any atom is 0.316 e. The van der Waals surface area contributed by atoms with Crippen molar-refractivity contribution >= 4 is 33.3 Å². The third-order valence-electron chi connectivity index (χ3n) is 4.34. The first kappa shape index (κ1) is 22.4. The minimum atomic E-state index is -3.48. The topological polar surface area (TPSA) is 122 Å². The molecule has 8 nitrogen and oxygen atoms in total. The van der Waals surface area contributed by atoms with E-state index in [0.717, 1.165) is 5.56 Å². The Balaban J connectivity index is 1.91. The number of rotatable bonds is 9. The number of benzene rings is 2. The molecule has 0 aliphatic rings. The average Bonchev–Trinajstić information content (AvgIpc) is 2.68. The molecular weight excluding hydrogens is 392 g/mol. The van der Waals surface area contributed by atoms with E-state index >= 15 is 0 Å². The number of hydrogen-bond donors (Lipinski definition) is 3. The van der Waals surface area contributed by atoms with Gasteiger partial charge in [0, 0.05) is 30.9 Å². The average molecular weight is 419 g/mol. The monoisotopic (exact) mass is 418 g/mol. The molecule has 4 N–H and O–H groups in total. The standard InChI is InChI=1S/C20H26N4O4S/c1-3-24(4-2)29(27,28)18-12-5-15(6-13-18)7-14-19(25)22-16-8-10-17(11-9-16)23-20(21)26/h5-6,8-13H,3-4,7,14H2,1-2H3,(H,22,25)(H3,21,23,26). The zero-order valence-electron chi connectivity index (χ0n) is 16.5. The summed E-state index contributed by atoms with van der Waals surface area (Å²) in [6, 6.07) is 12.5. The van der Waals surface area contributed by atoms with Gasteiger partial charge < -0.3 is 16.4 Å². The van der Waals surface area contributed by atoms with E-state index in [9.17, 15) is 18.0 Å². The van der Waals surface area contributed by atoms with Crippen LogP contribution in [0, 0.1) is 0 Å². The van der Waals surface area contributed by atoms with E-state index in [-0.39, 0.29) is 17.2 Å². The van der Waals surface area contributed by atoms with Crippen molar-refractivity contribution in [3.8, 4) is 0 Å². The number of urea groups is 1. The zero-order chi connectivity index (χ0) is 21.4. The number of nitrogens with two attached hydrogens (primary N) is 1. The maximum absolute atomic E-state index is 12.5. The summed E-state index contributed by atoms with van der Waals surface area (Å²) in [5, 5.41) is 5.21. The summed E-state index contributed by atoms with van der Waals surface area (Å²) in [5.74, 6) is -0.166. The first-order valence-electron chi connectivity index (χ1n) is 9.31. The third kappa shape index (κ3) is 6.30. The summed E-state index contributed by atoms with van der Waals surface area (Å²) in [4.78, 5) is 23.2. The number of sulfonamides is 1. The number of anilines is 2. The van der Waals surface area contributed by atoms with Gasteiger partial charge in [0.05, 0.1) is 4.90 Å². The molecule has 29 heavy (non-hydrogen) atoms. The van der Waals surface area contributed by atoms with E-state index in [0.29, 0.717) is 30.9 Å². The van der Waals surface area contributed by atoms with Crippen molar-refractivity contribution < 1.29 is 18.0 Å². The van der Waals surface area contributed by atoms with Gasteiger partial charge in [0.1, 0.15) is 0 Å². The molecule has 0 atom stereocenters. The van der Waals surface area contributed by atoms with E-state index in [4.69, 9.17) is 5.73 Å². The molecule has 0 aliphatic carbocycles. The second-order valence-corrected chi connectivity index (χ2v) is 8.29. The summed E-state index contributed by atoms with van der Waals surface area (Å²) >= 11 is 0. The molecule has 0 bridgehead atoms. The van der Waals surface area contributed by atoms with Crippen molar-refractivity contribution in [2.24, 2.45) is 5.73 Å². The van der Waals surface area contributed by atoms with Gasteiger partial charge in [-0.05, 0) is 48.4 Å². The first-order valence-corrected chi connectivity index (χ1v) is 10.8. The number of carbonyl (C=O) groups is 2. The van der Waals surface area contributed by atoms with E-state index in [2.05, 4.69) is 10.6 Å². The SMILES string of the molecule is CCN(CC)S(=O)(=O)c1ccc(CCC(=O)Nc2ccc(NC(N)=O)cc2)cc1. The number of amides is 3. The summed E-state index contributed by atoms with van der Waals surface area (Å²) in [5.41, 5.74) is 7.06. The van der Waals surface area contributed by atoms with Crippen molar-refractivity contribution in [3.63, 3.8) is 0 Å². The van der Waals surface area contributed by atoms with Crippen LogP contribution in [0.1, 0.15) is 25.8 Å². The van der Waals surface area contributed by atoms with E-state index < -0.39 is 16.1 Å². The summed E-state index contributed by atoms with van der Waals surface area (Å²) in [6.45, 7) is 4.44. The van der Waals surface area contributed by atoms with Crippen LogP contribution in [0.3, 0.4) is 0 Å². The Hall–Kier alpha value is -2.91. The number of primary amides is 1. The van der Waals surface area contributed by atoms with Gasteiger partial charge in [0.25, 0.3) is 0 Å². The highest BCUT2D eigenvalue weighted by molar-refractivity contribution is 7.89. The molecule has 0 unspecified atom stereocenters. The van der Waals surface area contributed by atoms with Crippen LogP contribution in [0.25, 0.3) is 0 Å². The largest absolute Gasteiger partial charge is 0.351 e. The highest BCUT2D eigenvalue weighted by atomic mass is 32.2. The Bertz CT molecular complexity index is 937. The molecule has 0 saturated carbocycles. The molecule has 0 spiro atoms. The second-order valence-electron chi connectivity index (χ2n) is 6.35. The fourth-order valence-corrected chi connectivity index (χ4v) is 4.26. The van der Waals surface area contributed by atoms with Gasteiger partial charge in [0.15, 0.2) is 0 Å². The van der Waals surface area contributed by atoms with Crippen LogP contribution in [0.15, 0.2) is 53.4 Å². The first-order chi connectivity index (χ1) is 13.8. The van der Waals surface area contributed by atoms with Gasteiger partial charge >= 0.3 is 6.03 Å².